The van der Waals surface area contributed by atoms with Crippen molar-refractivity contribution in [2.75, 3.05) is 31.1 Å². The third kappa shape index (κ3) is 3.07. The summed E-state index contributed by atoms with van der Waals surface area (Å²) in [5.74, 6) is 1.83. The molecule has 0 bridgehead atoms. The van der Waals surface area contributed by atoms with E-state index in [0.29, 0.717) is 6.04 Å². The number of benzene rings is 1. The maximum atomic E-state index is 6.03. The van der Waals surface area contributed by atoms with Gasteiger partial charge in [0.15, 0.2) is 0 Å². The van der Waals surface area contributed by atoms with Crippen LogP contribution in [0.5, 0.6) is 0 Å². The van der Waals surface area contributed by atoms with E-state index >= 15 is 0 Å². The number of fused-ring (bicyclic) bond motifs is 1. The van der Waals surface area contributed by atoms with Gasteiger partial charge in [-0.3, -0.25) is 4.90 Å². The molecule has 0 saturated carbocycles. The standard InChI is InChI=1S/C18H22N4O/c1-14-19-8-7-18(20-14)22-12-16-17(13-22)23-10-9-21(16)11-15-5-3-2-4-6-15/h2-8,16-17H,9-13H2,1H3/t16-,17-/m1/s1. The summed E-state index contributed by atoms with van der Waals surface area (Å²) in [5, 5.41) is 0. The van der Waals surface area contributed by atoms with Crippen LogP contribution in [0.4, 0.5) is 5.82 Å². The van der Waals surface area contributed by atoms with Crippen molar-refractivity contribution < 1.29 is 4.74 Å². The third-order valence-electron chi connectivity index (χ3n) is 4.73. The summed E-state index contributed by atoms with van der Waals surface area (Å²) in [6.07, 6.45) is 2.10. The van der Waals surface area contributed by atoms with Crippen LogP contribution >= 0.6 is 0 Å². The summed E-state index contributed by atoms with van der Waals surface area (Å²) in [4.78, 5) is 13.6. The molecule has 0 unspecified atom stereocenters. The fraction of sp³-hybridized carbons (Fsp3) is 0.444. The lowest BCUT2D eigenvalue weighted by atomic mass is 10.1. The van der Waals surface area contributed by atoms with Crippen molar-refractivity contribution in [1.82, 2.24) is 14.9 Å². The minimum Gasteiger partial charge on any atom is -0.373 e. The van der Waals surface area contributed by atoms with Gasteiger partial charge in [-0.25, -0.2) is 9.97 Å². The molecule has 0 aliphatic carbocycles. The van der Waals surface area contributed by atoms with E-state index in [2.05, 4.69) is 50.1 Å². The molecule has 2 aromatic rings. The molecule has 2 aliphatic rings. The number of anilines is 1. The molecule has 5 nitrogen and oxygen atoms in total. The molecule has 120 valence electrons. The van der Waals surface area contributed by atoms with Gasteiger partial charge in [0.1, 0.15) is 11.6 Å². The molecule has 0 radical (unpaired) electrons. The van der Waals surface area contributed by atoms with E-state index in [0.717, 1.165) is 44.4 Å². The Balaban J connectivity index is 1.50. The van der Waals surface area contributed by atoms with E-state index in [9.17, 15) is 0 Å². The Morgan fingerprint density at radius 1 is 1.17 bits per heavy atom. The molecule has 2 fully saturated rings. The second-order valence-electron chi connectivity index (χ2n) is 6.30. The molecule has 5 heteroatoms. The molecule has 3 heterocycles. The van der Waals surface area contributed by atoms with Crippen LogP contribution in [-0.4, -0.2) is 53.3 Å². The summed E-state index contributed by atoms with van der Waals surface area (Å²) in [6, 6.07) is 13.1. The first kappa shape index (κ1) is 14.6. The summed E-state index contributed by atoms with van der Waals surface area (Å²) >= 11 is 0. The van der Waals surface area contributed by atoms with Crippen LogP contribution in [0.15, 0.2) is 42.6 Å². The minimum atomic E-state index is 0.266. The first-order valence-electron chi connectivity index (χ1n) is 8.24. The topological polar surface area (TPSA) is 41.5 Å². The number of aryl methyl sites for hydroxylation is 1. The normalized spacial score (nSPS) is 24.7. The predicted molar refractivity (Wildman–Crippen MR) is 89.4 cm³/mol. The van der Waals surface area contributed by atoms with Crippen LogP contribution in [-0.2, 0) is 11.3 Å². The van der Waals surface area contributed by atoms with E-state index in [1.54, 1.807) is 0 Å². The maximum Gasteiger partial charge on any atom is 0.132 e. The molecule has 2 aliphatic heterocycles. The lowest BCUT2D eigenvalue weighted by Crippen LogP contribution is -2.50. The van der Waals surface area contributed by atoms with E-state index in [1.165, 1.54) is 5.56 Å². The summed E-state index contributed by atoms with van der Waals surface area (Å²) in [6.45, 7) is 6.60. The van der Waals surface area contributed by atoms with Crippen LogP contribution in [0.3, 0.4) is 0 Å². The molecular formula is C18H22N4O. The number of morpholine rings is 1. The van der Waals surface area contributed by atoms with E-state index in [-0.39, 0.29) is 6.10 Å². The first-order chi connectivity index (χ1) is 11.3. The van der Waals surface area contributed by atoms with Crippen LogP contribution in [0, 0.1) is 6.92 Å². The highest BCUT2D eigenvalue weighted by molar-refractivity contribution is 5.40. The summed E-state index contributed by atoms with van der Waals surface area (Å²) in [5.41, 5.74) is 1.37. The van der Waals surface area contributed by atoms with Gasteiger partial charge in [0.25, 0.3) is 0 Å². The Bertz CT molecular complexity index is 663. The van der Waals surface area contributed by atoms with E-state index in [1.807, 2.05) is 19.2 Å². The highest BCUT2D eigenvalue weighted by Crippen LogP contribution is 2.27. The van der Waals surface area contributed by atoms with Crippen molar-refractivity contribution in [2.24, 2.45) is 0 Å². The Hall–Kier alpha value is -1.98. The zero-order valence-corrected chi connectivity index (χ0v) is 13.4. The van der Waals surface area contributed by atoms with Gasteiger partial charge in [-0.2, -0.15) is 0 Å². The monoisotopic (exact) mass is 310 g/mol. The van der Waals surface area contributed by atoms with Crippen LogP contribution in [0.25, 0.3) is 0 Å². The number of ether oxygens (including phenoxy) is 1. The summed E-state index contributed by atoms with van der Waals surface area (Å²) < 4.78 is 6.03. The second kappa shape index (κ2) is 6.26. The molecule has 2 saturated heterocycles. The Kier molecular flexibility index (Phi) is 3.97. The molecule has 4 rings (SSSR count). The van der Waals surface area contributed by atoms with Gasteiger partial charge >= 0.3 is 0 Å². The molecule has 1 aromatic carbocycles. The number of hydrogen-bond donors (Lipinski definition) is 0. The van der Waals surface area contributed by atoms with E-state index in [4.69, 9.17) is 4.74 Å². The van der Waals surface area contributed by atoms with Crippen molar-refractivity contribution in [3.8, 4) is 0 Å². The Labute approximate surface area is 136 Å². The van der Waals surface area contributed by atoms with Crippen LogP contribution in [0.1, 0.15) is 11.4 Å². The quantitative estimate of drug-likeness (QED) is 0.866. The number of aromatic nitrogens is 2. The molecule has 0 spiro atoms. The Morgan fingerprint density at radius 2 is 2.04 bits per heavy atom. The molecule has 1 aromatic heterocycles. The van der Waals surface area contributed by atoms with Gasteiger partial charge in [0.2, 0.25) is 0 Å². The molecular weight excluding hydrogens is 288 g/mol. The lowest BCUT2D eigenvalue weighted by molar-refractivity contribution is -0.0499. The highest BCUT2D eigenvalue weighted by Gasteiger charge is 2.40. The minimum absolute atomic E-state index is 0.266. The van der Waals surface area contributed by atoms with E-state index < -0.39 is 0 Å². The number of nitrogens with zero attached hydrogens (tertiary/aromatic N) is 4. The lowest BCUT2D eigenvalue weighted by Gasteiger charge is -2.36. The van der Waals surface area contributed by atoms with Crippen molar-refractivity contribution in [2.45, 2.75) is 25.6 Å². The highest BCUT2D eigenvalue weighted by atomic mass is 16.5. The number of rotatable bonds is 3. The van der Waals surface area contributed by atoms with Crippen molar-refractivity contribution >= 4 is 5.82 Å². The second-order valence-corrected chi connectivity index (χ2v) is 6.30. The van der Waals surface area contributed by atoms with Crippen molar-refractivity contribution in [3.63, 3.8) is 0 Å². The summed E-state index contributed by atoms with van der Waals surface area (Å²) in [7, 11) is 0. The molecule has 0 N–H and O–H groups in total. The largest absolute Gasteiger partial charge is 0.373 e. The molecule has 2 atom stereocenters. The number of hydrogen-bond acceptors (Lipinski definition) is 5. The van der Waals surface area contributed by atoms with Gasteiger partial charge in [-0.15, -0.1) is 0 Å². The molecule has 0 amide bonds. The van der Waals surface area contributed by atoms with Gasteiger partial charge in [0.05, 0.1) is 18.8 Å². The zero-order chi connectivity index (χ0) is 15.6. The molecule has 23 heavy (non-hydrogen) atoms. The fourth-order valence-electron chi connectivity index (χ4n) is 3.58. The fourth-order valence-corrected chi connectivity index (χ4v) is 3.58. The zero-order valence-electron chi connectivity index (χ0n) is 13.4. The first-order valence-corrected chi connectivity index (χ1v) is 8.24. The van der Waals surface area contributed by atoms with Crippen molar-refractivity contribution in [1.29, 1.82) is 0 Å². The average Bonchev–Trinajstić information content (AvgIpc) is 3.01. The van der Waals surface area contributed by atoms with Crippen LogP contribution < -0.4 is 4.90 Å². The van der Waals surface area contributed by atoms with Crippen molar-refractivity contribution in [3.05, 3.63) is 54.0 Å². The van der Waals surface area contributed by atoms with Gasteiger partial charge in [-0.1, -0.05) is 30.3 Å². The Morgan fingerprint density at radius 3 is 2.87 bits per heavy atom. The smallest absolute Gasteiger partial charge is 0.132 e. The maximum absolute atomic E-state index is 6.03. The predicted octanol–water partition coefficient (Wildman–Crippen LogP) is 1.87. The SMILES string of the molecule is Cc1nccc(N2C[C@@H]3[C@@H](C2)OCCN3Cc2ccccc2)n1. The van der Waals surface area contributed by atoms with Crippen LogP contribution in [0.2, 0.25) is 0 Å². The third-order valence-corrected chi connectivity index (χ3v) is 4.73. The van der Waals surface area contributed by atoms with Gasteiger partial charge in [0, 0.05) is 32.4 Å². The average molecular weight is 310 g/mol. The van der Waals surface area contributed by atoms with Gasteiger partial charge in [-0.05, 0) is 18.6 Å². The van der Waals surface area contributed by atoms with Gasteiger partial charge < -0.3 is 9.64 Å².